The minimum absolute atomic E-state index is 0.0734. The van der Waals surface area contributed by atoms with Crippen molar-refractivity contribution in [3.05, 3.63) is 27.8 Å². The van der Waals surface area contributed by atoms with E-state index in [1.54, 1.807) is 6.92 Å². The highest BCUT2D eigenvalue weighted by molar-refractivity contribution is 7.09. The molecular formula is C11H13ClN4O2S. The Kier molecular flexibility index (Phi) is 4.86. The number of halogens is 1. The van der Waals surface area contributed by atoms with E-state index in [0.717, 1.165) is 10.7 Å². The number of hydrogen-bond donors (Lipinski definition) is 1. The minimum Gasteiger partial charge on any atom is -0.355 e. The fourth-order valence-electron chi connectivity index (χ4n) is 1.45. The zero-order valence-corrected chi connectivity index (χ0v) is 11.9. The molecule has 1 N–H and O–H groups in total. The maximum Gasteiger partial charge on any atom is 0.226 e. The average molecular weight is 301 g/mol. The van der Waals surface area contributed by atoms with Gasteiger partial charge in [-0.15, -0.1) is 22.9 Å². The van der Waals surface area contributed by atoms with Crippen LogP contribution in [0, 0.1) is 6.92 Å². The van der Waals surface area contributed by atoms with Crippen molar-refractivity contribution < 1.29 is 9.32 Å². The molecule has 0 aromatic carbocycles. The Morgan fingerprint density at radius 1 is 1.53 bits per heavy atom. The highest BCUT2D eigenvalue weighted by Crippen LogP contribution is 2.11. The second-order valence-electron chi connectivity index (χ2n) is 3.87. The van der Waals surface area contributed by atoms with Gasteiger partial charge in [0.1, 0.15) is 5.01 Å². The molecule has 0 radical (unpaired) electrons. The van der Waals surface area contributed by atoms with Crippen molar-refractivity contribution in [3.63, 3.8) is 0 Å². The van der Waals surface area contributed by atoms with E-state index in [9.17, 15) is 4.79 Å². The van der Waals surface area contributed by atoms with Gasteiger partial charge >= 0.3 is 0 Å². The molecule has 0 fully saturated rings. The SMILES string of the molecule is Cc1nc(CCNC(=O)Cc2nc(CCl)cs2)no1. The predicted octanol–water partition coefficient (Wildman–Crippen LogP) is 1.47. The Hall–Kier alpha value is -1.47. The van der Waals surface area contributed by atoms with Gasteiger partial charge in [0.05, 0.1) is 18.0 Å². The number of amides is 1. The van der Waals surface area contributed by atoms with E-state index in [0.29, 0.717) is 30.6 Å². The summed E-state index contributed by atoms with van der Waals surface area (Å²) in [7, 11) is 0. The van der Waals surface area contributed by atoms with Gasteiger partial charge in [-0.3, -0.25) is 4.79 Å². The number of carbonyl (C=O) groups excluding carboxylic acids is 1. The van der Waals surface area contributed by atoms with E-state index in [1.807, 2.05) is 5.38 Å². The molecule has 102 valence electrons. The van der Waals surface area contributed by atoms with Gasteiger partial charge in [-0.1, -0.05) is 5.16 Å². The van der Waals surface area contributed by atoms with Crippen LogP contribution in [0.4, 0.5) is 0 Å². The second-order valence-corrected chi connectivity index (χ2v) is 5.08. The summed E-state index contributed by atoms with van der Waals surface area (Å²) in [5, 5.41) is 9.16. The number of nitrogens with one attached hydrogen (secondary N) is 1. The molecule has 0 aliphatic heterocycles. The Bertz CT molecular complexity index is 554. The van der Waals surface area contributed by atoms with Crippen LogP contribution in [-0.4, -0.2) is 27.6 Å². The molecule has 0 aliphatic carbocycles. The molecule has 0 saturated heterocycles. The summed E-state index contributed by atoms with van der Waals surface area (Å²) in [6.07, 6.45) is 0.820. The minimum atomic E-state index is -0.0734. The van der Waals surface area contributed by atoms with Crippen LogP contribution in [0.2, 0.25) is 0 Å². The molecule has 6 nitrogen and oxygen atoms in total. The van der Waals surface area contributed by atoms with Gasteiger partial charge in [-0.25, -0.2) is 4.98 Å². The molecule has 0 unspecified atom stereocenters. The third kappa shape index (κ3) is 4.29. The largest absolute Gasteiger partial charge is 0.355 e. The molecular weight excluding hydrogens is 288 g/mol. The predicted molar refractivity (Wildman–Crippen MR) is 71.1 cm³/mol. The molecule has 2 rings (SSSR count). The summed E-state index contributed by atoms with van der Waals surface area (Å²) in [5.41, 5.74) is 0.803. The van der Waals surface area contributed by atoms with Gasteiger partial charge in [-0.2, -0.15) is 4.98 Å². The summed E-state index contributed by atoms with van der Waals surface area (Å²) in [5.74, 6) is 1.42. The highest BCUT2D eigenvalue weighted by atomic mass is 35.5. The standard InChI is InChI=1S/C11H13ClN4O2S/c1-7-14-9(16-18-7)2-3-13-10(17)4-11-15-8(5-12)6-19-11/h6H,2-5H2,1H3,(H,13,17). The van der Waals surface area contributed by atoms with E-state index in [2.05, 4.69) is 20.4 Å². The van der Waals surface area contributed by atoms with Crippen molar-refractivity contribution in [1.29, 1.82) is 0 Å². The first-order valence-corrected chi connectivity index (χ1v) is 7.14. The number of thiazole rings is 1. The summed E-state index contributed by atoms with van der Waals surface area (Å²) < 4.78 is 4.84. The van der Waals surface area contributed by atoms with Crippen LogP contribution in [0.3, 0.4) is 0 Å². The lowest BCUT2D eigenvalue weighted by atomic mass is 10.3. The Labute approximate surface area is 119 Å². The van der Waals surface area contributed by atoms with E-state index >= 15 is 0 Å². The zero-order chi connectivity index (χ0) is 13.7. The normalized spacial score (nSPS) is 10.6. The van der Waals surface area contributed by atoms with Gasteiger partial charge in [0.15, 0.2) is 5.82 Å². The molecule has 19 heavy (non-hydrogen) atoms. The maximum absolute atomic E-state index is 11.7. The number of alkyl halides is 1. The zero-order valence-electron chi connectivity index (χ0n) is 10.4. The highest BCUT2D eigenvalue weighted by Gasteiger charge is 2.08. The molecule has 0 spiro atoms. The van der Waals surface area contributed by atoms with Gasteiger partial charge in [-0.05, 0) is 0 Å². The fraction of sp³-hybridized carbons (Fsp3) is 0.455. The molecule has 2 aromatic heterocycles. The van der Waals surface area contributed by atoms with Crippen LogP contribution in [0.15, 0.2) is 9.90 Å². The van der Waals surface area contributed by atoms with Crippen molar-refractivity contribution >= 4 is 28.8 Å². The van der Waals surface area contributed by atoms with Gasteiger partial charge < -0.3 is 9.84 Å². The third-order valence-corrected chi connectivity index (χ3v) is 3.46. The fourth-order valence-corrected chi connectivity index (χ4v) is 2.47. The van der Waals surface area contributed by atoms with Crippen LogP contribution in [0.1, 0.15) is 22.4 Å². The van der Waals surface area contributed by atoms with Crippen molar-refractivity contribution in [2.75, 3.05) is 6.54 Å². The molecule has 0 saturated carbocycles. The maximum atomic E-state index is 11.7. The van der Waals surface area contributed by atoms with Gasteiger partial charge in [0.2, 0.25) is 11.8 Å². The molecule has 8 heteroatoms. The van der Waals surface area contributed by atoms with Crippen LogP contribution in [0.25, 0.3) is 0 Å². The average Bonchev–Trinajstić information content (AvgIpc) is 2.98. The van der Waals surface area contributed by atoms with Crippen LogP contribution < -0.4 is 5.32 Å². The summed E-state index contributed by atoms with van der Waals surface area (Å²) in [6, 6.07) is 0. The van der Waals surface area contributed by atoms with Crippen molar-refractivity contribution in [2.45, 2.75) is 25.6 Å². The third-order valence-electron chi connectivity index (χ3n) is 2.29. The molecule has 0 aliphatic rings. The Morgan fingerprint density at radius 2 is 2.37 bits per heavy atom. The van der Waals surface area contributed by atoms with E-state index in [-0.39, 0.29) is 12.3 Å². The summed E-state index contributed by atoms with van der Waals surface area (Å²) in [4.78, 5) is 19.9. The monoisotopic (exact) mass is 300 g/mol. The lowest BCUT2D eigenvalue weighted by Gasteiger charge is -2.01. The molecule has 1 amide bonds. The number of aromatic nitrogens is 3. The first-order chi connectivity index (χ1) is 9.17. The molecule has 2 aromatic rings. The Balaban J connectivity index is 1.72. The lowest BCUT2D eigenvalue weighted by molar-refractivity contribution is -0.120. The quantitative estimate of drug-likeness (QED) is 0.817. The van der Waals surface area contributed by atoms with Crippen LogP contribution >= 0.6 is 22.9 Å². The van der Waals surface area contributed by atoms with Crippen molar-refractivity contribution in [1.82, 2.24) is 20.4 Å². The summed E-state index contributed by atoms with van der Waals surface area (Å²) in [6.45, 7) is 2.21. The topological polar surface area (TPSA) is 80.9 Å². The van der Waals surface area contributed by atoms with Crippen LogP contribution in [-0.2, 0) is 23.5 Å². The Morgan fingerprint density at radius 3 is 3.00 bits per heavy atom. The lowest BCUT2D eigenvalue weighted by Crippen LogP contribution is -2.27. The molecule has 2 heterocycles. The summed E-state index contributed by atoms with van der Waals surface area (Å²) >= 11 is 7.09. The first kappa shape index (κ1) is 14.0. The number of nitrogens with zero attached hydrogens (tertiary/aromatic N) is 3. The number of carbonyl (C=O) groups is 1. The van der Waals surface area contributed by atoms with Gasteiger partial charge in [0.25, 0.3) is 0 Å². The number of hydrogen-bond acceptors (Lipinski definition) is 6. The second kappa shape index (κ2) is 6.63. The van der Waals surface area contributed by atoms with Crippen molar-refractivity contribution in [3.8, 4) is 0 Å². The number of aryl methyl sites for hydroxylation is 1. The molecule has 0 bridgehead atoms. The van der Waals surface area contributed by atoms with Crippen molar-refractivity contribution in [2.24, 2.45) is 0 Å². The van der Waals surface area contributed by atoms with Gasteiger partial charge in [0, 0.05) is 25.3 Å². The smallest absolute Gasteiger partial charge is 0.226 e. The molecule has 0 atom stereocenters. The van der Waals surface area contributed by atoms with E-state index in [1.165, 1.54) is 11.3 Å². The number of rotatable bonds is 6. The first-order valence-electron chi connectivity index (χ1n) is 5.72. The van der Waals surface area contributed by atoms with Crippen LogP contribution in [0.5, 0.6) is 0 Å². The van der Waals surface area contributed by atoms with E-state index < -0.39 is 0 Å². The van der Waals surface area contributed by atoms with E-state index in [4.69, 9.17) is 16.1 Å².